The smallest absolute Gasteiger partial charge is 0.254 e. The molecule has 0 unspecified atom stereocenters. The van der Waals surface area contributed by atoms with Crippen LogP contribution in [0.5, 0.6) is 0 Å². The highest BCUT2D eigenvalue weighted by atomic mass is 32.1. The Morgan fingerprint density at radius 1 is 1.00 bits per heavy atom. The minimum atomic E-state index is -0.303. The van der Waals surface area contributed by atoms with Crippen molar-refractivity contribution in [3.63, 3.8) is 0 Å². The number of aromatic amines is 1. The zero-order chi connectivity index (χ0) is 21.2. The van der Waals surface area contributed by atoms with Crippen LogP contribution in [0.15, 0.2) is 83.0 Å². The molecular weight excluding hydrogens is 411 g/mol. The van der Waals surface area contributed by atoms with Crippen LogP contribution in [-0.2, 0) is 13.1 Å². The normalized spacial score (nSPS) is 11.3. The molecule has 0 fully saturated rings. The van der Waals surface area contributed by atoms with Gasteiger partial charge in [0.1, 0.15) is 17.2 Å². The second-order valence-corrected chi connectivity index (χ2v) is 8.20. The lowest BCUT2D eigenvalue weighted by molar-refractivity contribution is 0.628. The van der Waals surface area contributed by atoms with E-state index in [-0.39, 0.29) is 11.4 Å². The maximum Gasteiger partial charge on any atom is 0.254 e. The summed E-state index contributed by atoms with van der Waals surface area (Å²) in [6.07, 6.45) is 0. The maximum absolute atomic E-state index is 13.5. The Kier molecular flexibility index (Phi) is 5.19. The average molecular weight is 431 g/mol. The summed E-state index contributed by atoms with van der Waals surface area (Å²) >= 11 is 1.67. The van der Waals surface area contributed by atoms with Crippen LogP contribution in [0.3, 0.4) is 0 Å². The van der Waals surface area contributed by atoms with Crippen molar-refractivity contribution in [1.82, 2.24) is 20.1 Å². The summed E-state index contributed by atoms with van der Waals surface area (Å²) in [5.74, 6) is -0.303. The van der Waals surface area contributed by atoms with Gasteiger partial charge in [-0.25, -0.2) is 9.07 Å². The van der Waals surface area contributed by atoms with Crippen LogP contribution in [0.1, 0.15) is 10.4 Å². The van der Waals surface area contributed by atoms with Gasteiger partial charge in [0.05, 0.1) is 5.69 Å². The fourth-order valence-corrected chi connectivity index (χ4v) is 4.23. The Morgan fingerprint density at radius 3 is 2.55 bits per heavy atom. The third-order valence-electron chi connectivity index (χ3n) is 5.08. The summed E-state index contributed by atoms with van der Waals surface area (Å²) in [5.41, 5.74) is 3.38. The molecule has 0 aliphatic rings. The molecule has 154 valence electrons. The number of para-hydroxylation sites is 1. The number of nitrogens with zero attached hydrogens (tertiary/aromatic N) is 2. The van der Waals surface area contributed by atoms with Crippen LogP contribution in [0.25, 0.3) is 28.0 Å². The summed E-state index contributed by atoms with van der Waals surface area (Å²) in [4.78, 5) is 17.0. The first-order chi connectivity index (χ1) is 15.2. The summed E-state index contributed by atoms with van der Waals surface area (Å²) in [6, 6.07) is 21.8. The van der Waals surface area contributed by atoms with Crippen molar-refractivity contribution in [2.45, 2.75) is 13.1 Å². The van der Waals surface area contributed by atoms with E-state index in [4.69, 9.17) is 5.10 Å². The summed E-state index contributed by atoms with van der Waals surface area (Å²) in [7, 11) is 0. The predicted molar refractivity (Wildman–Crippen MR) is 122 cm³/mol. The molecule has 7 heteroatoms. The zero-order valence-electron chi connectivity index (χ0n) is 16.5. The molecule has 3 heterocycles. The van der Waals surface area contributed by atoms with Crippen molar-refractivity contribution in [3.8, 4) is 16.9 Å². The molecule has 2 aromatic carbocycles. The molecule has 0 saturated heterocycles. The van der Waals surface area contributed by atoms with Crippen molar-refractivity contribution in [2.75, 3.05) is 0 Å². The van der Waals surface area contributed by atoms with Gasteiger partial charge in [0.2, 0.25) is 0 Å². The fraction of sp³-hybridized carbons (Fsp3) is 0.0833. The number of benzene rings is 2. The number of hydrogen-bond donors (Lipinski definition) is 2. The fourth-order valence-electron chi connectivity index (χ4n) is 3.56. The molecule has 0 atom stereocenters. The second kappa shape index (κ2) is 8.29. The first-order valence-corrected chi connectivity index (χ1v) is 10.8. The van der Waals surface area contributed by atoms with E-state index in [1.165, 1.54) is 17.0 Å². The van der Waals surface area contributed by atoms with Crippen LogP contribution in [-0.4, -0.2) is 14.8 Å². The molecule has 2 N–H and O–H groups in total. The first-order valence-electron chi connectivity index (χ1n) is 9.88. The lowest BCUT2D eigenvalue weighted by atomic mass is 10.1. The number of rotatable bonds is 6. The SMILES string of the molecule is O=c1[nH]c2c(cc1CNCc1cccs1)c(-c1ccc(F)cc1)nn2-c1ccccc1. The van der Waals surface area contributed by atoms with Gasteiger partial charge in [-0.3, -0.25) is 4.79 Å². The topological polar surface area (TPSA) is 62.7 Å². The highest BCUT2D eigenvalue weighted by molar-refractivity contribution is 7.09. The first kappa shape index (κ1) is 19.4. The lowest BCUT2D eigenvalue weighted by Gasteiger charge is -2.05. The Balaban J connectivity index is 1.60. The number of halogens is 1. The van der Waals surface area contributed by atoms with E-state index in [0.29, 0.717) is 30.0 Å². The van der Waals surface area contributed by atoms with Crippen molar-refractivity contribution >= 4 is 22.4 Å². The van der Waals surface area contributed by atoms with Gasteiger partial charge in [0.15, 0.2) is 0 Å². The monoisotopic (exact) mass is 430 g/mol. The number of pyridine rings is 1. The highest BCUT2D eigenvalue weighted by Crippen LogP contribution is 2.29. The van der Waals surface area contributed by atoms with Crippen LogP contribution < -0.4 is 10.9 Å². The van der Waals surface area contributed by atoms with Crippen LogP contribution in [0.4, 0.5) is 4.39 Å². The van der Waals surface area contributed by atoms with E-state index >= 15 is 0 Å². The van der Waals surface area contributed by atoms with Crippen molar-refractivity contribution in [1.29, 1.82) is 0 Å². The number of aromatic nitrogens is 3. The molecule has 0 spiro atoms. The quantitative estimate of drug-likeness (QED) is 0.404. The Morgan fingerprint density at radius 2 is 1.81 bits per heavy atom. The number of fused-ring (bicyclic) bond motifs is 1. The van der Waals surface area contributed by atoms with Crippen LogP contribution in [0.2, 0.25) is 0 Å². The molecule has 0 aliphatic heterocycles. The van der Waals surface area contributed by atoms with E-state index in [0.717, 1.165) is 16.6 Å². The molecule has 5 aromatic rings. The molecule has 0 bridgehead atoms. The van der Waals surface area contributed by atoms with Gasteiger partial charge in [0.25, 0.3) is 5.56 Å². The van der Waals surface area contributed by atoms with Gasteiger partial charge < -0.3 is 10.3 Å². The van der Waals surface area contributed by atoms with Gasteiger partial charge in [-0.15, -0.1) is 11.3 Å². The molecule has 5 rings (SSSR count). The third-order valence-corrected chi connectivity index (χ3v) is 5.95. The van der Waals surface area contributed by atoms with Crippen LogP contribution >= 0.6 is 11.3 Å². The minimum Gasteiger partial charge on any atom is -0.308 e. The van der Waals surface area contributed by atoms with Crippen molar-refractivity contribution < 1.29 is 4.39 Å². The Labute approximate surface area is 181 Å². The zero-order valence-corrected chi connectivity index (χ0v) is 17.3. The minimum absolute atomic E-state index is 0.158. The molecule has 0 saturated carbocycles. The van der Waals surface area contributed by atoms with Gasteiger partial charge >= 0.3 is 0 Å². The Hall–Kier alpha value is -3.55. The largest absolute Gasteiger partial charge is 0.308 e. The number of hydrogen-bond acceptors (Lipinski definition) is 4. The van der Waals surface area contributed by atoms with Crippen molar-refractivity contribution in [3.05, 3.63) is 105 Å². The molecule has 31 heavy (non-hydrogen) atoms. The standard InChI is InChI=1S/C24H19FN4OS/c25-18-10-8-16(9-11-18)22-21-13-17(14-26-15-20-7-4-12-31-20)24(30)27-23(21)29(28-22)19-5-2-1-3-6-19/h1-13,26H,14-15H2,(H,27,30). The van der Waals surface area contributed by atoms with Gasteiger partial charge in [-0.1, -0.05) is 24.3 Å². The molecule has 0 aliphatic carbocycles. The molecular formula is C24H19FN4OS. The van der Waals surface area contributed by atoms with E-state index in [9.17, 15) is 9.18 Å². The number of nitrogens with one attached hydrogen (secondary N) is 2. The molecule has 5 nitrogen and oxygen atoms in total. The summed E-state index contributed by atoms with van der Waals surface area (Å²) < 4.78 is 15.2. The summed E-state index contributed by atoms with van der Waals surface area (Å²) in [6.45, 7) is 1.13. The number of H-pyrrole nitrogens is 1. The summed E-state index contributed by atoms with van der Waals surface area (Å²) in [5, 5.41) is 10.9. The number of thiophene rings is 1. The van der Waals surface area contributed by atoms with Crippen LogP contribution in [0, 0.1) is 5.82 Å². The van der Waals surface area contributed by atoms with E-state index in [2.05, 4.69) is 16.4 Å². The average Bonchev–Trinajstić information content (AvgIpc) is 3.43. The maximum atomic E-state index is 13.5. The predicted octanol–water partition coefficient (Wildman–Crippen LogP) is 4.87. The molecule has 0 amide bonds. The van der Waals surface area contributed by atoms with E-state index < -0.39 is 0 Å². The van der Waals surface area contributed by atoms with E-state index in [1.807, 2.05) is 47.8 Å². The highest BCUT2D eigenvalue weighted by Gasteiger charge is 2.16. The van der Waals surface area contributed by atoms with Gasteiger partial charge in [-0.05, 0) is 53.9 Å². The van der Waals surface area contributed by atoms with Gasteiger partial charge in [-0.2, -0.15) is 5.10 Å². The lowest BCUT2D eigenvalue weighted by Crippen LogP contribution is -2.20. The van der Waals surface area contributed by atoms with Crippen molar-refractivity contribution in [2.24, 2.45) is 0 Å². The third kappa shape index (κ3) is 3.93. The van der Waals surface area contributed by atoms with Gasteiger partial charge in [0, 0.05) is 34.5 Å². The molecule has 3 aromatic heterocycles. The Bertz CT molecular complexity index is 1370. The van der Waals surface area contributed by atoms with E-state index in [1.54, 1.807) is 28.2 Å². The second-order valence-electron chi connectivity index (χ2n) is 7.17. The molecule has 0 radical (unpaired) electrons.